The molecule has 0 saturated carbocycles. The largest absolute Gasteiger partial charge is 0.302 e. The van der Waals surface area contributed by atoms with Crippen molar-refractivity contribution in [1.82, 2.24) is 0 Å². The zero-order chi connectivity index (χ0) is 13.9. The van der Waals surface area contributed by atoms with Crippen molar-refractivity contribution >= 4 is 21.9 Å². The van der Waals surface area contributed by atoms with E-state index >= 15 is 0 Å². The fourth-order valence-electron chi connectivity index (χ4n) is 2.45. The van der Waals surface area contributed by atoms with Crippen LogP contribution < -0.4 is 0 Å². The Hall–Kier alpha value is -1.97. The van der Waals surface area contributed by atoms with Gasteiger partial charge in [0.15, 0.2) is 11.1 Å². The molecular weight excluding hydrogens is 268 g/mol. The molecule has 3 aromatic rings. The standard InChI is InChI=1S/C17H14O2S/c18-20(19)17-15(12-13-6-2-1-3-7-13)11-10-14-8-4-5-9-16(14)17/h1-11H,12H2,(H,18,19). The van der Waals surface area contributed by atoms with Gasteiger partial charge in [-0.2, -0.15) is 0 Å². The number of benzene rings is 3. The van der Waals surface area contributed by atoms with Gasteiger partial charge in [-0.05, 0) is 22.9 Å². The molecule has 1 atom stereocenters. The Morgan fingerprint density at radius 3 is 2.30 bits per heavy atom. The van der Waals surface area contributed by atoms with Crippen LogP contribution >= 0.6 is 0 Å². The molecule has 0 heterocycles. The molecule has 2 nitrogen and oxygen atoms in total. The van der Waals surface area contributed by atoms with Crippen molar-refractivity contribution in [3.63, 3.8) is 0 Å². The van der Waals surface area contributed by atoms with Crippen molar-refractivity contribution in [2.24, 2.45) is 0 Å². The highest BCUT2D eigenvalue weighted by Gasteiger charge is 2.12. The average molecular weight is 282 g/mol. The molecule has 0 aliphatic rings. The van der Waals surface area contributed by atoms with Crippen molar-refractivity contribution < 1.29 is 8.76 Å². The summed E-state index contributed by atoms with van der Waals surface area (Å²) >= 11 is -1.99. The van der Waals surface area contributed by atoms with Crippen LogP contribution in [0.3, 0.4) is 0 Å². The number of hydrogen-bond donors (Lipinski definition) is 1. The first-order valence-corrected chi connectivity index (χ1v) is 7.52. The number of hydrogen-bond acceptors (Lipinski definition) is 1. The smallest absolute Gasteiger partial charge is 0.187 e. The zero-order valence-corrected chi connectivity index (χ0v) is 11.6. The first-order chi connectivity index (χ1) is 9.75. The predicted molar refractivity (Wildman–Crippen MR) is 82.2 cm³/mol. The summed E-state index contributed by atoms with van der Waals surface area (Å²) in [6, 6.07) is 21.6. The first-order valence-electron chi connectivity index (χ1n) is 6.41. The summed E-state index contributed by atoms with van der Waals surface area (Å²) in [5.41, 5.74) is 2.03. The minimum absolute atomic E-state index is 0.520. The van der Waals surface area contributed by atoms with E-state index in [4.69, 9.17) is 0 Å². The molecule has 3 rings (SSSR count). The molecule has 0 aliphatic carbocycles. The summed E-state index contributed by atoms with van der Waals surface area (Å²) in [6.07, 6.45) is 0.660. The number of fused-ring (bicyclic) bond motifs is 1. The van der Waals surface area contributed by atoms with E-state index in [1.165, 1.54) is 0 Å². The quantitative estimate of drug-likeness (QED) is 0.737. The fraction of sp³-hybridized carbons (Fsp3) is 0.0588. The SMILES string of the molecule is O=S(O)c1c(Cc2ccccc2)ccc2ccccc12. The average Bonchev–Trinajstić information content (AvgIpc) is 2.47. The maximum absolute atomic E-state index is 11.7. The van der Waals surface area contributed by atoms with E-state index in [1.807, 2.05) is 66.7 Å². The normalized spacial score (nSPS) is 12.4. The number of rotatable bonds is 3. The molecule has 100 valence electrons. The van der Waals surface area contributed by atoms with Crippen LogP contribution in [0.15, 0.2) is 71.6 Å². The minimum atomic E-state index is -1.99. The molecule has 0 amide bonds. The third-order valence-corrected chi connectivity index (χ3v) is 4.20. The van der Waals surface area contributed by atoms with Crippen LogP contribution in [0, 0.1) is 0 Å². The van der Waals surface area contributed by atoms with Crippen LogP contribution in [0.25, 0.3) is 10.8 Å². The van der Waals surface area contributed by atoms with Gasteiger partial charge in [-0.1, -0.05) is 66.7 Å². The molecule has 1 N–H and O–H groups in total. The Morgan fingerprint density at radius 1 is 0.850 bits per heavy atom. The lowest BCUT2D eigenvalue weighted by Gasteiger charge is -2.10. The maximum Gasteiger partial charge on any atom is 0.187 e. The molecule has 20 heavy (non-hydrogen) atoms. The van der Waals surface area contributed by atoms with Gasteiger partial charge < -0.3 is 4.55 Å². The van der Waals surface area contributed by atoms with Gasteiger partial charge in [0.25, 0.3) is 0 Å². The lowest BCUT2D eigenvalue weighted by molar-refractivity contribution is 0.564. The van der Waals surface area contributed by atoms with E-state index in [1.54, 1.807) is 0 Å². The molecule has 0 aliphatic heterocycles. The Morgan fingerprint density at radius 2 is 1.55 bits per heavy atom. The van der Waals surface area contributed by atoms with Gasteiger partial charge in [-0.3, -0.25) is 0 Å². The second-order valence-corrected chi connectivity index (χ2v) is 5.59. The maximum atomic E-state index is 11.7. The molecule has 3 heteroatoms. The van der Waals surface area contributed by atoms with Crippen molar-refractivity contribution in [1.29, 1.82) is 0 Å². The molecule has 3 aromatic carbocycles. The first kappa shape index (κ1) is 13.0. The van der Waals surface area contributed by atoms with Crippen molar-refractivity contribution in [3.05, 3.63) is 77.9 Å². The Balaban J connectivity index is 2.15. The van der Waals surface area contributed by atoms with Gasteiger partial charge in [0, 0.05) is 5.39 Å². The van der Waals surface area contributed by atoms with Gasteiger partial charge in [0.2, 0.25) is 0 Å². The Bertz CT molecular complexity index is 766. The van der Waals surface area contributed by atoms with Crippen LogP contribution in [0.4, 0.5) is 0 Å². The molecule has 0 radical (unpaired) electrons. The Labute approximate surface area is 120 Å². The summed E-state index contributed by atoms with van der Waals surface area (Å²) in [6.45, 7) is 0. The van der Waals surface area contributed by atoms with Crippen LogP contribution in [0.2, 0.25) is 0 Å². The highest BCUT2D eigenvalue weighted by atomic mass is 32.2. The summed E-state index contributed by atoms with van der Waals surface area (Å²) in [7, 11) is 0. The molecule has 0 saturated heterocycles. The van der Waals surface area contributed by atoms with E-state index < -0.39 is 11.1 Å². The van der Waals surface area contributed by atoms with E-state index in [-0.39, 0.29) is 0 Å². The van der Waals surface area contributed by atoms with E-state index in [2.05, 4.69) is 0 Å². The molecular formula is C17H14O2S. The third kappa shape index (κ3) is 2.50. The summed E-state index contributed by atoms with van der Waals surface area (Å²) in [5.74, 6) is 0. The highest BCUT2D eigenvalue weighted by Crippen LogP contribution is 2.26. The van der Waals surface area contributed by atoms with E-state index in [0.29, 0.717) is 11.3 Å². The Kier molecular flexibility index (Phi) is 3.63. The highest BCUT2D eigenvalue weighted by molar-refractivity contribution is 7.79. The van der Waals surface area contributed by atoms with E-state index in [0.717, 1.165) is 21.9 Å². The van der Waals surface area contributed by atoms with Crippen LogP contribution in [-0.4, -0.2) is 8.76 Å². The van der Waals surface area contributed by atoms with Crippen LogP contribution in [0.1, 0.15) is 11.1 Å². The zero-order valence-electron chi connectivity index (χ0n) is 10.8. The third-order valence-electron chi connectivity index (χ3n) is 3.37. The second-order valence-electron chi connectivity index (χ2n) is 4.69. The predicted octanol–water partition coefficient (Wildman–Crippen LogP) is 4.01. The minimum Gasteiger partial charge on any atom is -0.302 e. The second kappa shape index (κ2) is 5.57. The molecule has 1 unspecified atom stereocenters. The van der Waals surface area contributed by atoms with Crippen molar-refractivity contribution in [3.8, 4) is 0 Å². The summed E-state index contributed by atoms with van der Waals surface area (Å²) in [5, 5.41) is 1.84. The monoisotopic (exact) mass is 282 g/mol. The van der Waals surface area contributed by atoms with Crippen molar-refractivity contribution in [2.75, 3.05) is 0 Å². The summed E-state index contributed by atoms with van der Waals surface area (Å²) in [4.78, 5) is 0.520. The summed E-state index contributed by atoms with van der Waals surface area (Å²) < 4.78 is 21.4. The topological polar surface area (TPSA) is 37.3 Å². The molecule has 0 spiro atoms. The molecule has 0 aromatic heterocycles. The fourth-order valence-corrected chi connectivity index (χ4v) is 3.19. The van der Waals surface area contributed by atoms with Crippen LogP contribution in [-0.2, 0) is 17.5 Å². The van der Waals surface area contributed by atoms with Gasteiger partial charge in [0.1, 0.15) is 0 Å². The van der Waals surface area contributed by atoms with Gasteiger partial charge in [-0.25, -0.2) is 4.21 Å². The lowest BCUT2D eigenvalue weighted by atomic mass is 10.0. The molecule has 0 bridgehead atoms. The van der Waals surface area contributed by atoms with Gasteiger partial charge in [0.05, 0.1) is 4.90 Å². The van der Waals surface area contributed by atoms with E-state index in [9.17, 15) is 8.76 Å². The lowest BCUT2D eigenvalue weighted by Crippen LogP contribution is -1.99. The van der Waals surface area contributed by atoms with Gasteiger partial charge >= 0.3 is 0 Å². The van der Waals surface area contributed by atoms with Gasteiger partial charge in [-0.15, -0.1) is 0 Å². The van der Waals surface area contributed by atoms with Crippen LogP contribution in [0.5, 0.6) is 0 Å². The van der Waals surface area contributed by atoms with Crippen molar-refractivity contribution in [2.45, 2.75) is 11.3 Å². The molecule has 0 fully saturated rings.